The van der Waals surface area contributed by atoms with Gasteiger partial charge in [-0.25, -0.2) is 0 Å². The van der Waals surface area contributed by atoms with Crippen LogP contribution in [0.25, 0.3) is 0 Å². The number of piperidine rings is 1. The van der Waals surface area contributed by atoms with E-state index in [1.165, 1.54) is 12.0 Å². The number of benzene rings is 2. The predicted octanol–water partition coefficient (Wildman–Crippen LogP) is 3.87. The van der Waals surface area contributed by atoms with Crippen LogP contribution in [0.1, 0.15) is 36.4 Å². The van der Waals surface area contributed by atoms with Crippen molar-refractivity contribution in [3.63, 3.8) is 0 Å². The first kappa shape index (κ1) is 16.7. The fraction of sp³-hybridized carbons (Fsp3) is 0.381. The van der Waals surface area contributed by atoms with E-state index in [4.69, 9.17) is 0 Å². The predicted molar refractivity (Wildman–Crippen MR) is 97.5 cm³/mol. The molecule has 126 valence electrons. The highest BCUT2D eigenvalue weighted by atomic mass is 16.2. The Bertz CT molecular complexity index is 635. The highest BCUT2D eigenvalue weighted by Crippen LogP contribution is 2.25. The van der Waals surface area contributed by atoms with E-state index in [2.05, 4.69) is 29.2 Å². The molecule has 1 aliphatic rings. The van der Waals surface area contributed by atoms with E-state index < -0.39 is 0 Å². The highest BCUT2D eigenvalue weighted by Gasteiger charge is 2.30. The molecule has 1 heterocycles. The van der Waals surface area contributed by atoms with E-state index >= 15 is 0 Å². The molecule has 0 spiro atoms. The van der Waals surface area contributed by atoms with Crippen LogP contribution in [-0.4, -0.2) is 35.8 Å². The Morgan fingerprint density at radius 3 is 2.17 bits per heavy atom. The molecule has 0 saturated carbocycles. The molecule has 3 heteroatoms. The van der Waals surface area contributed by atoms with Crippen LogP contribution >= 0.6 is 0 Å². The van der Waals surface area contributed by atoms with Gasteiger partial charge in [0.1, 0.15) is 6.04 Å². The van der Waals surface area contributed by atoms with E-state index in [0.717, 1.165) is 38.0 Å². The molecule has 0 aliphatic carbocycles. The molecule has 0 bridgehead atoms. The van der Waals surface area contributed by atoms with E-state index in [1.54, 1.807) is 0 Å². The lowest BCUT2D eigenvalue weighted by atomic mass is 10.0. The number of carbonyl (C=O) groups is 1. The fourth-order valence-electron chi connectivity index (χ4n) is 3.47. The van der Waals surface area contributed by atoms with Crippen LogP contribution in [0.15, 0.2) is 60.7 Å². The van der Waals surface area contributed by atoms with Gasteiger partial charge < -0.3 is 4.90 Å². The number of hydrogen-bond acceptors (Lipinski definition) is 2. The summed E-state index contributed by atoms with van der Waals surface area (Å²) in [5.41, 5.74) is 2.30. The summed E-state index contributed by atoms with van der Waals surface area (Å²) in [6.07, 6.45) is 3.48. The first-order valence-corrected chi connectivity index (χ1v) is 8.83. The van der Waals surface area contributed by atoms with Gasteiger partial charge in [0, 0.05) is 19.6 Å². The topological polar surface area (TPSA) is 23.6 Å². The monoisotopic (exact) mass is 322 g/mol. The number of nitrogens with zero attached hydrogens (tertiary/aromatic N) is 2. The third-order valence-electron chi connectivity index (χ3n) is 4.73. The van der Waals surface area contributed by atoms with Gasteiger partial charge in [-0.3, -0.25) is 9.69 Å². The molecule has 3 nitrogen and oxygen atoms in total. The third kappa shape index (κ3) is 4.04. The van der Waals surface area contributed by atoms with Gasteiger partial charge in [0.15, 0.2) is 0 Å². The molecule has 3 rings (SSSR count). The maximum Gasteiger partial charge on any atom is 0.244 e. The minimum absolute atomic E-state index is 0.218. The summed E-state index contributed by atoms with van der Waals surface area (Å²) < 4.78 is 0. The Kier molecular flexibility index (Phi) is 5.65. The van der Waals surface area contributed by atoms with Crippen molar-refractivity contribution >= 4 is 5.91 Å². The largest absolute Gasteiger partial charge is 0.341 e. The van der Waals surface area contributed by atoms with Crippen molar-refractivity contribution in [2.24, 2.45) is 0 Å². The SMILES string of the molecule is CN(Cc1ccccc1)[C@@H](C(=O)N1CCCCC1)c1ccccc1. The van der Waals surface area contributed by atoms with Crippen molar-refractivity contribution in [1.29, 1.82) is 0 Å². The first-order chi connectivity index (χ1) is 11.8. The van der Waals surface area contributed by atoms with Crippen LogP contribution < -0.4 is 0 Å². The van der Waals surface area contributed by atoms with Crippen molar-refractivity contribution in [2.75, 3.05) is 20.1 Å². The van der Waals surface area contributed by atoms with Crippen LogP contribution in [0.2, 0.25) is 0 Å². The number of rotatable bonds is 5. The second-order valence-electron chi connectivity index (χ2n) is 6.60. The van der Waals surface area contributed by atoms with Crippen LogP contribution in [-0.2, 0) is 11.3 Å². The average molecular weight is 322 g/mol. The average Bonchev–Trinajstić information content (AvgIpc) is 2.64. The van der Waals surface area contributed by atoms with Crippen LogP contribution in [0.5, 0.6) is 0 Å². The minimum atomic E-state index is -0.218. The van der Waals surface area contributed by atoms with Crippen molar-refractivity contribution in [1.82, 2.24) is 9.80 Å². The lowest BCUT2D eigenvalue weighted by Crippen LogP contribution is -2.43. The van der Waals surface area contributed by atoms with Crippen LogP contribution in [0, 0.1) is 0 Å². The molecule has 0 unspecified atom stereocenters. The Morgan fingerprint density at radius 2 is 1.54 bits per heavy atom. The lowest BCUT2D eigenvalue weighted by Gasteiger charge is -2.34. The zero-order valence-electron chi connectivity index (χ0n) is 14.4. The van der Waals surface area contributed by atoms with Gasteiger partial charge in [-0.2, -0.15) is 0 Å². The number of likely N-dealkylation sites (tertiary alicyclic amines) is 1. The summed E-state index contributed by atoms with van der Waals surface area (Å²) in [6.45, 7) is 2.54. The number of hydrogen-bond donors (Lipinski definition) is 0. The Balaban J connectivity index is 1.82. The summed E-state index contributed by atoms with van der Waals surface area (Å²) in [5, 5.41) is 0. The van der Waals surface area contributed by atoms with Gasteiger partial charge >= 0.3 is 0 Å². The zero-order valence-corrected chi connectivity index (χ0v) is 14.4. The molecule has 0 radical (unpaired) electrons. The molecule has 1 amide bonds. The van der Waals surface area contributed by atoms with Gasteiger partial charge in [-0.15, -0.1) is 0 Å². The summed E-state index contributed by atoms with van der Waals surface area (Å²) in [5.74, 6) is 0.235. The van der Waals surface area contributed by atoms with Crippen molar-refractivity contribution < 1.29 is 4.79 Å². The highest BCUT2D eigenvalue weighted by molar-refractivity contribution is 5.83. The fourth-order valence-corrected chi connectivity index (χ4v) is 3.47. The summed E-state index contributed by atoms with van der Waals surface area (Å²) >= 11 is 0. The van der Waals surface area contributed by atoms with Gasteiger partial charge in [0.05, 0.1) is 0 Å². The van der Waals surface area contributed by atoms with Crippen molar-refractivity contribution in [3.05, 3.63) is 71.8 Å². The number of carbonyl (C=O) groups excluding carboxylic acids is 1. The zero-order chi connectivity index (χ0) is 16.8. The van der Waals surface area contributed by atoms with E-state index in [9.17, 15) is 4.79 Å². The molecule has 24 heavy (non-hydrogen) atoms. The second kappa shape index (κ2) is 8.11. The molecular weight excluding hydrogens is 296 g/mol. The molecular formula is C21H26N2O. The van der Waals surface area contributed by atoms with Gasteiger partial charge in [-0.1, -0.05) is 60.7 Å². The molecule has 0 aromatic heterocycles. The van der Waals surface area contributed by atoms with Gasteiger partial charge in [-0.05, 0) is 37.4 Å². The molecule has 1 saturated heterocycles. The van der Waals surface area contributed by atoms with Crippen molar-refractivity contribution in [2.45, 2.75) is 31.8 Å². The molecule has 0 N–H and O–H groups in total. The van der Waals surface area contributed by atoms with Gasteiger partial charge in [0.2, 0.25) is 5.91 Å². The van der Waals surface area contributed by atoms with E-state index in [0.29, 0.717) is 0 Å². The molecule has 1 atom stereocenters. The van der Waals surface area contributed by atoms with E-state index in [1.807, 2.05) is 48.3 Å². The number of amides is 1. The lowest BCUT2D eigenvalue weighted by molar-refractivity contribution is -0.138. The van der Waals surface area contributed by atoms with Crippen LogP contribution in [0.4, 0.5) is 0 Å². The third-order valence-corrected chi connectivity index (χ3v) is 4.73. The minimum Gasteiger partial charge on any atom is -0.341 e. The first-order valence-electron chi connectivity index (χ1n) is 8.83. The molecule has 1 fully saturated rings. The Morgan fingerprint density at radius 1 is 0.958 bits per heavy atom. The summed E-state index contributed by atoms with van der Waals surface area (Å²) in [4.78, 5) is 17.4. The smallest absolute Gasteiger partial charge is 0.244 e. The molecule has 2 aromatic rings. The quantitative estimate of drug-likeness (QED) is 0.834. The standard InChI is InChI=1S/C21H26N2O/c1-22(17-18-11-5-2-6-12-18)20(19-13-7-3-8-14-19)21(24)23-15-9-4-10-16-23/h2-3,5-8,11-14,20H,4,9-10,15-17H2,1H3/t20-/m1/s1. The summed E-state index contributed by atoms with van der Waals surface area (Å²) in [7, 11) is 2.05. The summed E-state index contributed by atoms with van der Waals surface area (Å²) in [6, 6.07) is 20.3. The number of likely N-dealkylation sites (N-methyl/N-ethyl adjacent to an activating group) is 1. The molecule has 1 aliphatic heterocycles. The Hall–Kier alpha value is -2.13. The Labute approximate surface area is 144 Å². The molecule has 2 aromatic carbocycles. The van der Waals surface area contributed by atoms with Crippen LogP contribution in [0.3, 0.4) is 0 Å². The second-order valence-corrected chi connectivity index (χ2v) is 6.60. The maximum atomic E-state index is 13.2. The van der Waals surface area contributed by atoms with Crippen molar-refractivity contribution in [3.8, 4) is 0 Å². The van der Waals surface area contributed by atoms with Gasteiger partial charge in [0.25, 0.3) is 0 Å². The van der Waals surface area contributed by atoms with E-state index in [-0.39, 0.29) is 11.9 Å². The maximum absolute atomic E-state index is 13.2. The normalized spacial score (nSPS) is 16.2.